The highest BCUT2D eigenvalue weighted by molar-refractivity contribution is 6.39. The molecule has 2 rings (SSSR count). The summed E-state index contributed by atoms with van der Waals surface area (Å²) in [6, 6.07) is 8.32. The summed E-state index contributed by atoms with van der Waals surface area (Å²) < 4.78 is 0. The number of pyridine rings is 1. The molecule has 0 bridgehead atoms. The van der Waals surface area contributed by atoms with E-state index < -0.39 is 5.97 Å². The van der Waals surface area contributed by atoms with Crippen molar-refractivity contribution in [2.24, 2.45) is 0 Å². The molecule has 0 aliphatic rings. The summed E-state index contributed by atoms with van der Waals surface area (Å²) in [7, 11) is 0. The normalized spacial score (nSPS) is 10.5. The van der Waals surface area contributed by atoms with Crippen molar-refractivity contribution in [2.75, 3.05) is 0 Å². The highest BCUT2D eigenvalue weighted by Gasteiger charge is 2.16. The Morgan fingerprint density at radius 1 is 1.11 bits per heavy atom. The molecule has 0 fully saturated rings. The first-order valence-electron chi connectivity index (χ1n) is 5.30. The minimum atomic E-state index is -1.00. The minimum Gasteiger partial charge on any atom is -0.481 e. The van der Waals surface area contributed by atoms with Gasteiger partial charge >= 0.3 is 5.97 Å². The van der Waals surface area contributed by atoms with E-state index in [1.807, 2.05) is 0 Å². The Balaban J connectivity index is 2.64. The predicted octanol–water partition coefficient (Wildman–Crippen LogP) is 4.34. The molecule has 1 N–H and O–H groups in total. The van der Waals surface area contributed by atoms with Crippen molar-refractivity contribution in [3.63, 3.8) is 0 Å². The van der Waals surface area contributed by atoms with Crippen LogP contribution in [0, 0.1) is 0 Å². The fourth-order valence-electron chi connectivity index (χ4n) is 1.74. The SMILES string of the molecule is O=C(O)Cc1nc(Cl)ccc1-c1c(Cl)cccc1Cl. The summed E-state index contributed by atoms with van der Waals surface area (Å²) in [5.41, 5.74) is 1.46. The molecule has 0 saturated heterocycles. The van der Waals surface area contributed by atoms with E-state index in [-0.39, 0.29) is 11.6 Å². The highest BCUT2D eigenvalue weighted by Crippen LogP contribution is 2.36. The second kappa shape index (κ2) is 5.78. The van der Waals surface area contributed by atoms with Crippen LogP contribution in [0.4, 0.5) is 0 Å². The second-order valence-electron chi connectivity index (χ2n) is 3.80. The number of hydrogen-bond acceptors (Lipinski definition) is 2. The van der Waals surface area contributed by atoms with Gasteiger partial charge in [0.05, 0.1) is 12.1 Å². The van der Waals surface area contributed by atoms with Crippen LogP contribution in [0.2, 0.25) is 15.2 Å². The first-order chi connectivity index (χ1) is 8.99. The van der Waals surface area contributed by atoms with Gasteiger partial charge < -0.3 is 5.11 Å². The van der Waals surface area contributed by atoms with Crippen LogP contribution >= 0.6 is 34.8 Å². The number of hydrogen-bond donors (Lipinski definition) is 1. The number of carbonyl (C=O) groups is 1. The lowest BCUT2D eigenvalue weighted by molar-refractivity contribution is -0.136. The molecule has 0 saturated carbocycles. The van der Waals surface area contributed by atoms with Gasteiger partial charge in [0.15, 0.2) is 0 Å². The van der Waals surface area contributed by atoms with E-state index in [1.165, 1.54) is 0 Å². The van der Waals surface area contributed by atoms with Crippen molar-refractivity contribution < 1.29 is 9.90 Å². The van der Waals surface area contributed by atoms with E-state index in [9.17, 15) is 4.79 Å². The van der Waals surface area contributed by atoms with Gasteiger partial charge in [0.25, 0.3) is 0 Å². The van der Waals surface area contributed by atoms with Crippen molar-refractivity contribution in [1.29, 1.82) is 0 Å². The second-order valence-corrected chi connectivity index (χ2v) is 5.00. The molecule has 0 amide bonds. The summed E-state index contributed by atoms with van der Waals surface area (Å²) in [5.74, 6) is -1.00. The molecule has 0 aliphatic heterocycles. The molecule has 3 nitrogen and oxygen atoms in total. The van der Waals surface area contributed by atoms with Crippen molar-refractivity contribution in [3.05, 3.63) is 51.2 Å². The molecule has 0 aliphatic carbocycles. The van der Waals surface area contributed by atoms with Crippen LogP contribution in [0.5, 0.6) is 0 Å². The number of aliphatic carboxylic acids is 1. The van der Waals surface area contributed by atoms with Gasteiger partial charge in [-0.2, -0.15) is 0 Å². The number of rotatable bonds is 3. The van der Waals surface area contributed by atoms with Crippen LogP contribution in [-0.2, 0) is 11.2 Å². The molecule has 2 aromatic rings. The summed E-state index contributed by atoms with van der Waals surface area (Å²) in [4.78, 5) is 14.9. The molecule has 98 valence electrons. The first-order valence-corrected chi connectivity index (χ1v) is 6.44. The lowest BCUT2D eigenvalue weighted by Gasteiger charge is -2.11. The van der Waals surface area contributed by atoms with Gasteiger partial charge in [-0.05, 0) is 24.3 Å². The van der Waals surface area contributed by atoms with Gasteiger partial charge in [-0.25, -0.2) is 4.98 Å². The van der Waals surface area contributed by atoms with E-state index in [1.54, 1.807) is 30.3 Å². The van der Waals surface area contributed by atoms with Gasteiger partial charge in [-0.15, -0.1) is 0 Å². The molecule has 1 heterocycles. The molecule has 0 unspecified atom stereocenters. The zero-order valence-electron chi connectivity index (χ0n) is 9.53. The number of benzene rings is 1. The topological polar surface area (TPSA) is 50.2 Å². The summed E-state index contributed by atoms with van der Waals surface area (Å²) >= 11 is 18.0. The van der Waals surface area contributed by atoms with Crippen molar-refractivity contribution >= 4 is 40.8 Å². The Kier molecular flexibility index (Phi) is 4.30. The number of aromatic nitrogens is 1. The maximum Gasteiger partial charge on any atom is 0.309 e. The zero-order valence-corrected chi connectivity index (χ0v) is 11.8. The van der Waals surface area contributed by atoms with Crippen LogP contribution in [0.25, 0.3) is 11.1 Å². The standard InChI is InChI=1S/C13H8Cl3NO2/c14-8-2-1-3-9(15)13(8)7-4-5-11(16)17-10(7)6-12(18)19/h1-5H,6H2,(H,18,19). The Bertz CT molecular complexity index is 624. The molecule has 1 aromatic heterocycles. The smallest absolute Gasteiger partial charge is 0.309 e. The molecule has 0 atom stereocenters. The lowest BCUT2D eigenvalue weighted by atomic mass is 10.0. The summed E-state index contributed by atoms with van der Waals surface area (Å²) in [5, 5.41) is 10.0. The van der Waals surface area contributed by atoms with Crippen LogP contribution in [0.3, 0.4) is 0 Å². The van der Waals surface area contributed by atoms with E-state index in [2.05, 4.69) is 4.98 Å². The third-order valence-corrected chi connectivity index (χ3v) is 3.33. The third kappa shape index (κ3) is 3.18. The van der Waals surface area contributed by atoms with Crippen LogP contribution in [0.1, 0.15) is 5.69 Å². The fraction of sp³-hybridized carbons (Fsp3) is 0.0769. The molecule has 19 heavy (non-hydrogen) atoms. The van der Waals surface area contributed by atoms with Crippen LogP contribution < -0.4 is 0 Å². The number of carboxylic acid groups (broad SMARTS) is 1. The fourth-order valence-corrected chi connectivity index (χ4v) is 2.50. The molecule has 0 spiro atoms. The maximum absolute atomic E-state index is 10.9. The van der Waals surface area contributed by atoms with E-state index in [0.29, 0.717) is 26.9 Å². The third-order valence-electron chi connectivity index (χ3n) is 2.49. The van der Waals surface area contributed by atoms with Crippen molar-refractivity contribution in [3.8, 4) is 11.1 Å². The quantitative estimate of drug-likeness (QED) is 0.857. The Morgan fingerprint density at radius 3 is 2.32 bits per heavy atom. The van der Waals surface area contributed by atoms with Gasteiger partial charge in [0, 0.05) is 21.2 Å². The molecule has 0 radical (unpaired) electrons. The minimum absolute atomic E-state index is 0.225. The average Bonchev–Trinajstić information content (AvgIpc) is 2.30. The highest BCUT2D eigenvalue weighted by atomic mass is 35.5. The largest absolute Gasteiger partial charge is 0.481 e. The Hall–Kier alpha value is -1.29. The molecule has 1 aromatic carbocycles. The Morgan fingerprint density at radius 2 is 1.74 bits per heavy atom. The number of nitrogens with zero attached hydrogens (tertiary/aromatic N) is 1. The predicted molar refractivity (Wildman–Crippen MR) is 76.0 cm³/mol. The van der Waals surface area contributed by atoms with E-state index in [0.717, 1.165) is 0 Å². The average molecular weight is 317 g/mol. The molecular weight excluding hydrogens is 309 g/mol. The Labute approximate surface area is 124 Å². The lowest BCUT2D eigenvalue weighted by Crippen LogP contribution is -2.04. The monoisotopic (exact) mass is 315 g/mol. The van der Waals surface area contributed by atoms with Crippen LogP contribution in [0.15, 0.2) is 30.3 Å². The van der Waals surface area contributed by atoms with Gasteiger partial charge in [0.1, 0.15) is 5.15 Å². The number of carboxylic acids is 1. The van der Waals surface area contributed by atoms with Crippen molar-refractivity contribution in [1.82, 2.24) is 4.98 Å². The van der Waals surface area contributed by atoms with E-state index in [4.69, 9.17) is 39.9 Å². The summed E-state index contributed by atoms with van der Waals surface area (Å²) in [6.45, 7) is 0. The maximum atomic E-state index is 10.9. The van der Waals surface area contributed by atoms with Crippen molar-refractivity contribution in [2.45, 2.75) is 6.42 Å². The van der Waals surface area contributed by atoms with Crippen LogP contribution in [-0.4, -0.2) is 16.1 Å². The van der Waals surface area contributed by atoms with Gasteiger partial charge in [-0.3, -0.25) is 4.79 Å². The van der Waals surface area contributed by atoms with Gasteiger partial charge in [-0.1, -0.05) is 40.9 Å². The summed E-state index contributed by atoms with van der Waals surface area (Å²) in [6.07, 6.45) is -0.253. The zero-order chi connectivity index (χ0) is 14.0. The number of halogens is 3. The first kappa shape index (κ1) is 14.1. The van der Waals surface area contributed by atoms with E-state index >= 15 is 0 Å². The van der Waals surface area contributed by atoms with Gasteiger partial charge in [0.2, 0.25) is 0 Å². The molecule has 6 heteroatoms. The molecular formula is C13H8Cl3NO2.